The van der Waals surface area contributed by atoms with E-state index in [0.29, 0.717) is 17.1 Å². The van der Waals surface area contributed by atoms with Gasteiger partial charge in [0.25, 0.3) is 0 Å². The van der Waals surface area contributed by atoms with Gasteiger partial charge in [0.1, 0.15) is 5.78 Å². The summed E-state index contributed by atoms with van der Waals surface area (Å²) in [5, 5.41) is 0. The van der Waals surface area contributed by atoms with Crippen LogP contribution in [0.25, 0.3) is 0 Å². The van der Waals surface area contributed by atoms with E-state index in [1.54, 1.807) is 11.1 Å². The van der Waals surface area contributed by atoms with Crippen molar-refractivity contribution in [2.75, 3.05) is 12.0 Å². The van der Waals surface area contributed by atoms with E-state index in [0.717, 1.165) is 37.5 Å². The van der Waals surface area contributed by atoms with Crippen molar-refractivity contribution in [3.05, 3.63) is 22.8 Å². The lowest BCUT2D eigenvalue weighted by Crippen LogP contribution is -2.52. The van der Waals surface area contributed by atoms with Crippen LogP contribution in [0.1, 0.15) is 58.3 Å². The molecule has 0 aromatic carbocycles. The van der Waals surface area contributed by atoms with E-state index >= 15 is 0 Å². The third-order valence-electron chi connectivity index (χ3n) is 8.00. The van der Waals surface area contributed by atoms with Gasteiger partial charge in [-0.2, -0.15) is 11.8 Å². The van der Waals surface area contributed by atoms with E-state index < -0.39 is 0 Å². The molecule has 0 aromatic heterocycles. The zero-order valence-electron chi connectivity index (χ0n) is 14.9. The van der Waals surface area contributed by atoms with Crippen LogP contribution in [0.5, 0.6) is 0 Å². The SMILES string of the molecule is CSC[C@]12CC/C(=C/Cl)C=C1CC[C@@H]1[C@@H]2CC[C@]2(C)C(=O)CC[C@@H]12. The van der Waals surface area contributed by atoms with Crippen molar-refractivity contribution in [1.29, 1.82) is 0 Å². The van der Waals surface area contributed by atoms with Crippen molar-refractivity contribution in [2.45, 2.75) is 58.3 Å². The molecule has 0 saturated heterocycles. The number of Topliss-reactive ketones (excluding diaryl/α,β-unsaturated/α-hetero) is 1. The lowest BCUT2D eigenvalue weighted by molar-refractivity contribution is -0.132. The van der Waals surface area contributed by atoms with E-state index in [4.69, 9.17) is 11.6 Å². The summed E-state index contributed by atoms with van der Waals surface area (Å²) in [6, 6.07) is 0. The second-order valence-electron chi connectivity index (χ2n) is 8.78. The first-order chi connectivity index (χ1) is 11.5. The fourth-order valence-electron chi connectivity index (χ4n) is 6.80. The van der Waals surface area contributed by atoms with Gasteiger partial charge in [0.05, 0.1) is 0 Å². The van der Waals surface area contributed by atoms with Crippen molar-refractivity contribution in [3.8, 4) is 0 Å². The Bertz CT molecular complexity index is 609. The van der Waals surface area contributed by atoms with Crippen molar-refractivity contribution < 1.29 is 4.79 Å². The van der Waals surface area contributed by atoms with Gasteiger partial charge in [-0.25, -0.2) is 0 Å². The Hall–Kier alpha value is -0.210. The molecule has 3 saturated carbocycles. The number of hydrogen-bond acceptors (Lipinski definition) is 2. The van der Waals surface area contributed by atoms with E-state index in [1.165, 1.54) is 37.0 Å². The third kappa shape index (κ3) is 2.31. The zero-order chi connectivity index (χ0) is 16.9. The Morgan fingerprint density at radius 3 is 2.79 bits per heavy atom. The molecular formula is C21H29ClOS. The van der Waals surface area contributed by atoms with E-state index in [1.807, 2.05) is 11.8 Å². The minimum Gasteiger partial charge on any atom is -0.299 e. The van der Waals surface area contributed by atoms with Crippen molar-refractivity contribution in [3.63, 3.8) is 0 Å². The molecule has 5 atom stereocenters. The Morgan fingerprint density at radius 2 is 2.04 bits per heavy atom. The molecule has 0 aromatic rings. The molecular weight excluding hydrogens is 336 g/mol. The van der Waals surface area contributed by atoms with Crippen LogP contribution < -0.4 is 0 Å². The number of halogens is 1. The molecule has 4 aliphatic rings. The molecule has 0 spiro atoms. The third-order valence-corrected chi connectivity index (χ3v) is 9.09. The maximum Gasteiger partial charge on any atom is 0.139 e. The fraction of sp³-hybridized carbons (Fsp3) is 0.762. The summed E-state index contributed by atoms with van der Waals surface area (Å²) in [4.78, 5) is 12.5. The molecule has 0 aliphatic heterocycles. The number of rotatable bonds is 2. The Morgan fingerprint density at radius 1 is 1.21 bits per heavy atom. The molecule has 4 rings (SSSR count). The lowest BCUT2D eigenvalue weighted by Gasteiger charge is -2.58. The average Bonchev–Trinajstić information content (AvgIpc) is 2.90. The average molecular weight is 365 g/mol. The Kier molecular flexibility index (Phi) is 4.44. The van der Waals surface area contributed by atoms with Crippen LogP contribution in [0, 0.1) is 28.6 Å². The second kappa shape index (κ2) is 6.20. The predicted octanol–water partition coefficient (Wildman–Crippen LogP) is 5.98. The van der Waals surface area contributed by atoms with Crippen LogP contribution in [-0.2, 0) is 4.79 Å². The highest BCUT2D eigenvalue weighted by molar-refractivity contribution is 7.98. The molecule has 0 bridgehead atoms. The number of allylic oxidation sites excluding steroid dienone is 3. The topological polar surface area (TPSA) is 17.1 Å². The first kappa shape index (κ1) is 17.2. The number of carbonyl (C=O) groups is 1. The van der Waals surface area contributed by atoms with Crippen LogP contribution in [0.3, 0.4) is 0 Å². The fourth-order valence-corrected chi connectivity index (χ4v) is 8.03. The highest BCUT2D eigenvalue weighted by atomic mass is 35.5. The van der Waals surface area contributed by atoms with Gasteiger partial charge in [-0.3, -0.25) is 4.79 Å². The summed E-state index contributed by atoms with van der Waals surface area (Å²) in [7, 11) is 0. The monoisotopic (exact) mass is 364 g/mol. The Balaban J connectivity index is 1.72. The summed E-state index contributed by atoms with van der Waals surface area (Å²) in [6.45, 7) is 2.28. The number of carbonyl (C=O) groups excluding carboxylic acids is 1. The molecule has 3 heteroatoms. The van der Waals surface area contributed by atoms with E-state index in [2.05, 4.69) is 19.3 Å². The summed E-state index contributed by atoms with van der Waals surface area (Å²) in [6.07, 6.45) is 13.9. The predicted molar refractivity (Wildman–Crippen MR) is 103 cm³/mol. The molecule has 0 N–H and O–H groups in total. The highest BCUT2D eigenvalue weighted by Gasteiger charge is 2.59. The van der Waals surface area contributed by atoms with Crippen LogP contribution in [0.4, 0.5) is 0 Å². The number of ketones is 1. The largest absolute Gasteiger partial charge is 0.299 e. The smallest absolute Gasteiger partial charge is 0.139 e. The molecule has 3 fully saturated rings. The van der Waals surface area contributed by atoms with Gasteiger partial charge in [-0.1, -0.05) is 30.2 Å². The van der Waals surface area contributed by atoms with Gasteiger partial charge in [-0.15, -0.1) is 0 Å². The van der Waals surface area contributed by atoms with Gasteiger partial charge in [0.15, 0.2) is 0 Å². The normalized spacial score (nSPS) is 46.3. The minimum absolute atomic E-state index is 0.00119. The van der Waals surface area contributed by atoms with Crippen LogP contribution in [0.2, 0.25) is 0 Å². The number of hydrogen-bond donors (Lipinski definition) is 0. The van der Waals surface area contributed by atoms with Gasteiger partial charge in [-0.05, 0) is 74.5 Å². The van der Waals surface area contributed by atoms with Gasteiger partial charge in [0, 0.05) is 28.5 Å². The van der Waals surface area contributed by atoms with Crippen molar-refractivity contribution >= 4 is 29.1 Å². The van der Waals surface area contributed by atoms with Crippen molar-refractivity contribution in [1.82, 2.24) is 0 Å². The molecule has 4 aliphatic carbocycles. The lowest BCUT2D eigenvalue weighted by atomic mass is 9.47. The quantitative estimate of drug-likeness (QED) is 0.599. The minimum atomic E-state index is -0.00119. The molecule has 24 heavy (non-hydrogen) atoms. The number of fused-ring (bicyclic) bond motifs is 5. The molecule has 0 unspecified atom stereocenters. The molecule has 1 nitrogen and oxygen atoms in total. The summed E-state index contributed by atoms with van der Waals surface area (Å²) in [5.74, 6) is 4.00. The van der Waals surface area contributed by atoms with Crippen LogP contribution in [-0.4, -0.2) is 17.8 Å². The highest BCUT2D eigenvalue weighted by Crippen LogP contribution is 2.65. The van der Waals surface area contributed by atoms with E-state index in [9.17, 15) is 4.79 Å². The summed E-state index contributed by atoms with van der Waals surface area (Å²) >= 11 is 8.04. The summed E-state index contributed by atoms with van der Waals surface area (Å²) < 4.78 is 0. The summed E-state index contributed by atoms with van der Waals surface area (Å²) in [5.41, 5.74) is 5.15. The first-order valence-electron chi connectivity index (χ1n) is 9.58. The van der Waals surface area contributed by atoms with Gasteiger partial charge >= 0.3 is 0 Å². The maximum atomic E-state index is 12.5. The first-order valence-corrected chi connectivity index (χ1v) is 11.4. The standard InChI is InChI=1S/C21H29ClOS/c1-20-9-8-18-16(17(20)5-6-19(20)23)4-3-15-11-14(12-22)7-10-21(15,18)13-24-2/h11-12,16-18H,3-10,13H2,1-2H3/b14-12-/t16-,17-,18-,20-,21+/m0/s1. The molecule has 0 radical (unpaired) electrons. The van der Waals surface area contributed by atoms with E-state index in [-0.39, 0.29) is 5.41 Å². The second-order valence-corrected chi connectivity index (χ2v) is 9.86. The maximum absolute atomic E-state index is 12.5. The number of thioether (sulfide) groups is 1. The van der Waals surface area contributed by atoms with Crippen LogP contribution >= 0.6 is 23.4 Å². The molecule has 0 amide bonds. The van der Waals surface area contributed by atoms with Crippen LogP contribution in [0.15, 0.2) is 22.8 Å². The molecule has 0 heterocycles. The van der Waals surface area contributed by atoms with Gasteiger partial charge < -0.3 is 0 Å². The Labute approximate surface area is 155 Å². The zero-order valence-corrected chi connectivity index (χ0v) is 16.5. The van der Waals surface area contributed by atoms with Crippen molar-refractivity contribution in [2.24, 2.45) is 28.6 Å². The molecule has 132 valence electrons. The van der Waals surface area contributed by atoms with Gasteiger partial charge in [0.2, 0.25) is 0 Å².